The minimum atomic E-state index is -0.657. The normalized spacial score (nSPS) is 17.5. The first-order valence-corrected chi connectivity index (χ1v) is 12.9. The molecule has 2 aliphatic heterocycles. The number of rotatable bonds is 5. The number of halogens is 3. The second kappa shape index (κ2) is 11.6. The first-order valence-electron chi connectivity index (χ1n) is 12.5. The van der Waals surface area contributed by atoms with Gasteiger partial charge in [0.25, 0.3) is 5.91 Å². The van der Waals surface area contributed by atoms with Crippen molar-refractivity contribution in [3.63, 3.8) is 0 Å². The molecule has 1 amide bonds. The van der Waals surface area contributed by atoms with Gasteiger partial charge in [0.05, 0.1) is 16.4 Å². The maximum atomic E-state index is 15.1. The summed E-state index contributed by atoms with van der Waals surface area (Å²) in [5.41, 5.74) is 1.88. The molecule has 2 aliphatic rings. The molecular weight excluding hydrogens is 512 g/mol. The van der Waals surface area contributed by atoms with Crippen LogP contribution in [0.2, 0.25) is 0 Å². The number of amides is 1. The number of benzene rings is 2. The van der Waals surface area contributed by atoms with Crippen LogP contribution in [0.5, 0.6) is 5.75 Å². The first-order chi connectivity index (χ1) is 18.1. The van der Waals surface area contributed by atoms with Crippen LogP contribution in [-0.2, 0) is 4.79 Å². The Morgan fingerprint density at radius 3 is 2.50 bits per heavy atom. The Balaban J connectivity index is 1.63. The number of allylic oxidation sites excluding steroid dienone is 1. The third-order valence-electron chi connectivity index (χ3n) is 6.78. The average molecular weight is 544 g/mol. The lowest BCUT2D eigenvalue weighted by atomic mass is 9.89. The molecule has 1 N–H and O–H groups in total. The van der Waals surface area contributed by atoms with Crippen LogP contribution in [0.1, 0.15) is 43.7 Å². The van der Waals surface area contributed by atoms with Crippen LogP contribution < -0.4 is 15.0 Å². The van der Waals surface area contributed by atoms with E-state index in [0.717, 1.165) is 25.9 Å². The summed E-state index contributed by atoms with van der Waals surface area (Å²) in [5.74, 6) is -0.931. The summed E-state index contributed by atoms with van der Waals surface area (Å²) in [7, 11) is 3.59. The fraction of sp³-hybridized carbons (Fsp3) is 0.393. The molecule has 10 heteroatoms. The minimum absolute atomic E-state index is 0.00994. The number of ether oxygens (including phenoxy) is 1. The van der Waals surface area contributed by atoms with Gasteiger partial charge in [-0.1, -0.05) is 24.2 Å². The number of carbonyl (C=O) groups excluding carboxylic acids is 1. The zero-order chi connectivity index (χ0) is 27.6. The van der Waals surface area contributed by atoms with Gasteiger partial charge in [0.2, 0.25) is 5.96 Å². The van der Waals surface area contributed by atoms with Gasteiger partial charge in [-0.15, -0.1) is 0 Å². The molecule has 0 atom stereocenters. The number of guanidine groups is 1. The van der Waals surface area contributed by atoms with Gasteiger partial charge < -0.3 is 19.9 Å². The lowest BCUT2D eigenvalue weighted by Crippen LogP contribution is -2.43. The van der Waals surface area contributed by atoms with Crippen molar-refractivity contribution in [2.75, 3.05) is 44.0 Å². The van der Waals surface area contributed by atoms with E-state index in [1.165, 1.54) is 24.1 Å². The predicted molar refractivity (Wildman–Crippen MR) is 149 cm³/mol. The molecule has 1 fully saturated rings. The number of carbonyl (C=O) groups is 1. The standard InChI is InChI=1S/C28H32ClF2N5O2/c1-16(2)36-24-13-19(12-23(31)27(24)38-15-25(36)37)26(17(3)29)34-28(32-4)33-20-6-7-21(22(30)14-20)18-8-10-35(5)11-9-18/h6-7,12-14,16,18H,3,8-11,15H2,1-2,4-5H3,(H,32,33)/b34-26+. The number of fused-ring (bicyclic) bond motifs is 1. The van der Waals surface area contributed by atoms with Crippen molar-refractivity contribution >= 4 is 40.6 Å². The number of hydrogen-bond acceptors (Lipinski definition) is 4. The van der Waals surface area contributed by atoms with Crippen molar-refractivity contribution in [1.82, 2.24) is 4.90 Å². The Morgan fingerprint density at radius 1 is 1.18 bits per heavy atom. The van der Waals surface area contributed by atoms with Crippen LogP contribution in [-0.4, -0.2) is 62.3 Å². The topological polar surface area (TPSA) is 69.5 Å². The van der Waals surface area contributed by atoms with E-state index in [0.29, 0.717) is 11.3 Å². The van der Waals surface area contributed by atoms with Crippen LogP contribution in [0.4, 0.5) is 20.2 Å². The first kappa shape index (κ1) is 27.7. The van der Waals surface area contributed by atoms with Crippen LogP contribution in [0, 0.1) is 11.6 Å². The highest BCUT2D eigenvalue weighted by Gasteiger charge is 2.31. The summed E-state index contributed by atoms with van der Waals surface area (Å²) in [6.07, 6.45) is 1.82. The fourth-order valence-electron chi connectivity index (χ4n) is 4.85. The van der Waals surface area contributed by atoms with Crippen molar-refractivity contribution in [3.8, 4) is 5.75 Å². The molecule has 1 saturated heterocycles. The molecule has 0 radical (unpaired) electrons. The number of anilines is 2. The summed E-state index contributed by atoms with van der Waals surface area (Å²) >= 11 is 6.28. The van der Waals surface area contributed by atoms with Gasteiger partial charge in [0, 0.05) is 24.3 Å². The van der Waals surface area contributed by atoms with Gasteiger partial charge in [0.1, 0.15) is 5.82 Å². The van der Waals surface area contributed by atoms with E-state index in [1.807, 2.05) is 13.8 Å². The summed E-state index contributed by atoms with van der Waals surface area (Å²) in [6.45, 7) is 9.07. The molecule has 0 aliphatic carbocycles. The number of aliphatic imine (C=N–C) groups is 2. The Hall–Kier alpha value is -3.30. The Kier molecular flexibility index (Phi) is 8.47. The quantitative estimate of drug-likeness (QED) is 0.397. The van der Waals surface area contributed by atoms with Crippen molar-refractivity contribution in [1.29, 1.82) is 0 Å². The van der Waals surface area contributed by atoms with Gasteiger partial charge in [-0.3, -0.25) is 9.79 Å². The summed E-state index contributed by atoms with van der Waals surface area (Å²) in [6, 6.07) is 7.60. The average Bonchev–Trinajstić information content (AvgIpc) is 2.86. The zero-order valence-corrected chi connectivity index (χ0v) is 22.8. The molecule has 38 heavy (non-hydrogen) atoms. The summed E-state index contributed by atoms with van der Waals surface area (Å²) < 4.78 is 35.4. The maximum Gasteiger partial charge on any atom is 0.265 e. The number of hydrogen-bond donors (Lipinski definition) is 1. The smallest absolute Gasteiger partial charge is 0.265 e. The lowest BCUT2D eigenvalue weighted by Gasteiger charge is -2.33. The summed E-state index contributed by atoms with van der Waals surface area (Å²) in [5, 5.41) is 3.04. The Bertz CT molecular complexity index is 1300. The molecular formula is C28H32ClF2N5O2. The number of nitrogens with one attached hydrogen (secondary N) is 1. The van der Waals surface area contributed by atoms with Crippen molar-refractivity contribution in [3.05, 3.63) is 64.7 Å². The van der Waals surface area contributed by atoms with Gasteiger partial charge in [-0.05, 0) is 82.6 Å². The molecule has 0 saturated carbocycles. The van der Waals surface area contributed by atoms with Crippen molar-refractivity contribution in [2.45, 2.75) is 38.6 Å². The molecule has 0 unspecified atom stereocenters. The predicted octanol–water partition coefficient (Wildman–Crippen LogP) is 5.55. The molecule has 2 aromatic rings. The monoisotopic (exact) mass is 543 g/mol. The molecule has 0 bridgehead atoms. The number of likely N-dealkylation sites (tertiary alicyclic amines) is 1. The molecule has 4 rings (SSSR count). The highest BCUT2D eigenvalue weighted by atomic mass is 35.5. The largest absolute Gasteiger partial charge is 0.478 e. The Labute approximate surface area is 226 Å². The highest BCUT2D eigenvalue weighted by molar-refractivity contribution is 6.46. The second-order valence-corrected chi connectivity index (χ2v) is 10.3. The molecule has 2 aromatic carbocycles. The SMILES string of the molecule is C=C(Cl)/C(=N\C(=N/C)Nc1ccc(C2CCN(C)CC2)c(F)c1)c1cc(F)c2c(c1)N(C(C)C)C(=O)CO2. The molecule has 0 aromatic heterocycles. The van der Waals surface area contributed by atoms with E-state index in [-0.39, 0.29) is 64.0 Å². The third-order valence-corrected chi connectivity index (χ3v) is 6.96. The second-order valence-electron chi connectivity index (χ2n) is 9.80. The molecule has 202 valence electrons. The van der Waals surface area contributed by atoms with Crippen molar-refractivity contribution < 1.29 is 18.3 Å². The van der Waals surface area contributed by atoms with Crippen LogP contribution in [0.3, 0.4) is 0 Å². The van der Waals surface area contributed by atoms with E-state index in [1.54, 1.807) is 18.2 Å². The molecule has 0 spiro atoms. The maximum absolute atomic E-state index is 15.1. The van der Waals surface area contributed by atoms with E-state index in [9.17, 15) is 4.79 Å². The fourth-order valence-corrected chi connectivity index (χ4v) is 5.00. The number of nitrogens with zero attached hydrogens (tertiary/aromatic N) is 4. The van der Waals surface area contributed by atoms with E-state index in [2.05, 4.69) is 33.8 Å². The lowest BCUT2D eigenvalue weighted by molar-refractivity contribution is -0.121. The van der Waals surface area contributed by atoms with Crippen molar-refractivity contribution in [2.24, 2.45) is 9.98 Å². The van der Waals surface area contributed by atoms with Crippen LogP contribution in [0.15, 0.2) is 51.9 Å². The van der Waals surface area contributed by atoms with Crippen LogP contribution in [0.25, 0.3) is 0 Å². The van der Waals surface area contributed by atoms with Crippen LogP contribution >= 0.6 is 11.6 Å². The van der Waals surface area contributed by atoms with Gasteiger partial charge in [-0.25, -0.2) is 13.8 Å². The van der Waals surface area contributed by atoms with E-state index < -0.39 is 5.82 Å². The Morgan fingerprint density at radius 2 is 1.89 bits per heavy atom. The van der Waals surface area contributed by atoms with Gasteiger partial charge in [-0.2, -0.15) is 0 Å². The van der Waals surface area contributed by atoms with Gasteiger partial charge in [0.15, 0.2) is 18.2 Å². The van der Waals surface area contributed by atoms with E-state index >= 15 is 8.78 Å². The third kappa shape index (κ3) is 5.89. The molecule has 7 nitrogen and oxygen atoms in total. The minimum Gasteiger partial charge on any atom is -0.478 e. The van der Waals surface area contributed by atoms with E-state index in [4.69, 9.17) is 16.3 Å². The molecule has 2 heterocycles. The highest BCUT2D eigenvalue weighted by Crippen LogP contribution is 2.38. The number of piperidine rings is 1. The zero-order valence-electron chi connectivity index (χ0n) is 22.0. The van der Waals surface area contributed by atoms with Gasteiger partial charge >= 0.3 is 0 Å². The summed E-state index contributed by atoms with van der Waals surface area (Å²) in [4.78, 5) is 24.8.